The standard InChI is InChI=1S/C10H11ClN2O4/c1-5-2-6(3-8(11)13-5)9(15)12-4-7(14)10(16)17/h2-3,7,14H,4H2,1H3,(H,12,15)(H,16,17). The molecule has 17 heavy (non-hydrogen) atoms. The molecule has 0 saturated heterocycles. The van der Waals surface area contributed by atoms with E-state index in [2.05, 4.69) is 10.3 Å². The summed E-state index contributed by atoms with van der Waals surface area (Å²) in [5.74, 6) is -1.91. The van der Waals surface area contributed by atoms with Crippen LogP contribution in [0.1, 0.15) is 16.1 Å². The van der Waals surface area contributed by atoms with Gasteiger partial charge in [-0.25, -0.2) is 9.78 Å². The highest BCUT2D eigenvalue weighted by atomic mass is 35.5. The Balaban J connectivity index is 2.67. The Bertz CT molecular complexity index is 430. The van der Waals surface area contributed by atoms with E-state index < -0.39 is 18.0 Å². The maximum Gasteiger partial charge on any atom is 0.334 e. The zero-order valence-electron chi connectivity index (χ0n) is 8.98. The minimum atomic E-state index is -1.63. The zero-order chi connectivity index (χ0) is 13.0. The number of amides is 1. The Morgan fingerprint density at radius 3 is 2.71 bits per heavy atom. The van der Waals surface area contributed by atoms with Crippen molar-refractivity contribution in [3.8, 4) is 0 Å². The van der Waals surface area contributed by atoms with Crippen molar-refractivity contribution in [3.05, 3.63) is 28.5 Å². The molecule has 0 saturated carbocycles. The van der Waals surface area contributed by atoms with Crippen LogP contribution in [0.4, 0.5) is 0 Å². The van der Waals surface area contributed by atoms with E-state index >= 15 is 0 Å². The van der Waals surface area contributed by atoms with Crippen LogP contribution < -0.4 is 5.32 Å². The SMILES string of the molecule is Cc1cc(C(=O)NCC(O)C(=O)O)cc(Cl)n1. The molecule has 1 aromatic heterocycles. The zero-order valence-corrected chi connectivity index (χ0v) is 9.73. The van der Waals surface area contributed by atoms with Gasteiger partial charge in [0.2, 0.25) is 0 Å². The Morgan fingerprint density at radius 1 is 1.53 bits per heavy atom. The number of carboxylic acids is 1. The largest absolute Gasteiger partial charge is 0.479 e. The van der Waals surface area contributed by atoms with Crippen LogP contribution in [0.25, 0.3) is 0 Å². The first-order valence-corrected chi connectivity index (χ1v) is 5.11. The van der Waals surface area contributed by atoms with Crippen molar-refractivity contribution in [2.75, 3.05) is 6.54 Å². The molecule has 1 heterocycles. The molecule has 1 amide bonds. The van der Waals surface area contributed by atoms with Crippen molar-refractivity contribution in [2.45, 2.75) is 13.0 Å². The first kappa shape index (κ1) is 13.4. The first-order chi connectivity index (χ1) is 7.90. The van der Waals surface area contributed by atoms with Crippen molar-refractivity contribution < 1.29 is 19.8 Å². The lowest BCUT2D eigenvalue weighted by Crippen LogP contribution is -2.36. The lowest BCUT2D eigenvalue weighted by atomic mass is 10.2. The number of aliphatic hydroxyl groups excluding tert-OH is 1. The summed E-state index contributed by atoms with van der Waals surface area (Å²) in [7, 11) is 0. The van der Waals surface area contributed by atoms with E-state index in [1.165, 1.54) is 12.1 Å². The molecule has 1 aromatic rings. The fourth-order valence-electron chi connectivity index (χ4n) is 1.14. The maximum atomic E-state index is 11.6. The number of nitrogens with one attached hydrogen (secondary N) is 1. The number of hydrogen-bond acceptors (Lipinski definition) is 4. The highest BCUT2D eigenvalue weighted by molar-refractivity contribution is 6.29. The quantitative estimate of drug-likeness (QED) is 0.671. The van der Waals surface area contributed by atoms with Crippen molar-refractivity contribution in [3.63, 3.8) is 0 Å². The van der Waals surface area contributed by atoms with E-state index in [4.69, 9.17) is 21.8 Å². The van der Waals surface area contributed by atoms with Gasteiger partial charge in [-0.3, -0.25) is 4.79 Å². The van der Waals surface area contributed by atoms with E-state index in [0.717, 1.165) is 0 Å². The van der Waals surface area contributed by atoms with Crippen LogP contribution in [-0.4, -0.2) is 39.7 Å². The predicted octanol–water partition coefficient (Wildman–Crippen LogP) is 0.219. The second-order valence-corrected chi connectivity index (χ2v) is 3.77. The van der Waals surface area contributed by atoms with Gasteiger partial charge in [0.25, 0.3) is 5.91 Å². The van der Waals surface area contributed by atoms with Gasteiger partial charge < -0.3 is 15.5 Å². The highest BCUT2D eigenvalue weighted by Crippen LogP contribution is 2.10. The number of carbonyl (C=O) groups is 2. The van der Waals surface area contributed by atoms with Gasteiger partial charge in [-0.2, -0.15) is 0 Å². The van der Waals surface area contributed by atoms with Crippen molar-refractivity contribution in [1.29, 1.82) is 0 Å². The number of nitrogens with zero attached hydrogens (tertiary/aromatic N) is 1. The van der Waals surface area contributed by atoms with Crippen LogP contribution in [0.5, 0.6) is 0 Å². The van der Waals surface area contributed by atoms with Crippen molar-refractivity contribution in [2.24, 2.45) is 0 Å². The third-order valence-electron chi connectivity index (χ3n) is 1.93. The number of carboxylic acid groups (broad SMARTS) is 1. The molecule has 0 aliphatic carbocycles. The molecule has 0 aliphatic heterocycles. The normalized spacial score (nSPS) is 11.9. The Labute approximate surface area is 102 Å². The second kappa shape index (κ2) is 5.60. The van der Waals surface area contributed by atoms with Gasteiger partial charge in [0.15, 0.2) is 6.10 Å². The summed E-state index contributed by atoms with van der Waals surface area (Å²) in [6.45, 7) is 1.31. The molecule has 0 aromatic carbocycles. The fraction of sp³-hybridized carbons (Fsp3) is 0.300. The smallest absolute Gasteiger partial charge is 0.334 e. The number of aromatic nitrogens is 1. The van der Waals surface area contributed by atoms with Gasteiger partial charge in [0.1, 0.15) is 5.15 Å². The van der Waals surface area contributed by atoms with Crippen LogP contribution in [0.15, 0.2) is 12.1 Å². The van der Waals surface area contributed by atoms with Gasteiger partial charge in [-0.05, 0) is 19.1 Å². The van der Waals surface area contributed by atoms with Gasteiger partial charge in [0, 0.05) is 11.3 Å². The second-order valence-electron chi connectivity index (χ2n) is 3.38. The van der Waals surface area contributed by atoms with Crippen LogP contribution in [0, 0.1) is 6.92 Å². The number of aliphatic carboxylic acids is 1. The van der Waals surface area contributed by atoms with Crippen LogP contribution in [0.3, 0.4) is 0 Å². The Hall–Kier alpha value is -1.66. The number of hydrogen-bond donors (Lipinski definition) is 3. The lowest BCUT2D eigenvalue weighted by molar-refractivity contribution is -0.146. The molecule has 6 nitrogen and oxygen atoms in total. The minimum absolute atomic E-state index is 0.175. The summed E-state index contributed by atoms with van der Waals surface area (Å²) in [6.07, 6.45) is -1.63. The van der Waals surface area contributed by atoms with Crippen molar-refractivity contribution >= 4 is 23.5 Å². The fourth-order valence-corrected chi connectivity index (χ4v) is 1.39. The maximum absolute atomic E-state index is 11.6. The summed E-state index contributed by atoms with van der Waals surface area (Å²) in [5.41, 5.74) is 0.835. The molecule has 0 fully saturated rings. The average Bonchev–Trinajstić information content (AvgIpc) is 2.23. The Kier molecular flexibility index (Phi) is 4.42. The number of rotatable bonds is 4. The highest BCUT2D eigenvalue weighted by Gasteiger charge is 2.15. The predicted molar refractivity (Wildman–Crippen MR) is 60.0 cm³/mol. The summed E-state index contributed by atoms with van der Waals surface area (Å²) in [6, 6.07) is 2.87. The number of aryl methyl sites for hydroxylation is 1. The average molecular weight is 259 g/mol. The summed E-state index contributed by atoms with van der Waals surface area (Å²) < 4.78 is 0. The Morgan fingerprint density at radius 2 is 2.18 bits per heavy atom. The molecular formula is C10H11ClN2O4. The van der Waals surface area contributed by atoms with Crippen LogP contribution >= 0.6 is 11.6 Å². The molecule has 1 unspecified atom stereocenters. The molecule has 1 rings (SSSR count). The van der Waals surface area contributed by atoms with E-state index in [9.17, 15) is 9.59 Å². The monoisotopic (exact) mass is 258 g/mol. The number of halogens is 1. The lowest BCUT2D eigenvalue weighted by Gasteiger charge is -2.08. The summed E-state index contributed by atoms with van der Waals surface area (Å²) in [5, 5.41) is 19.9. The molecule has 7 heteroatoms. The number of aliphatic hydroxyl groups is 1. The molecule has 1 atom stereocenters. The van der Waals surface area contributed by atoms with Crippen LogP contribution in [-0.2, 0) is 4.79 Å². The summed E-state index contributed by atoms with van der Waals surface area (Å²) in [4.78, 5) is 25.8. The van der Waals surface area contributed by atoms with Gasteiger partial charge >= 0.3 is 5.97 Å². The van der Waals surface area contributed by atoms with E-state index in [1.54, 1.807) is 6.92 Å². The number of carbonyl (C=O) groups excluding carboxylic acids is 1. The third-order valence-corrected chi connectivity index (χ3v) is 2.12. The molecule has 0 radical (unpaired) electrons. The number of pyridine rings is 1. The summed E-state index contributed by atoms with van der Waals surface area (Å²) >= 11 is 5.67. The van der Waals surface area contributed by atoms with Gasteiger partial charge in [-0.15, -0.1) is 0 Å². The first-order valence-electron chi connectivity index (χ1n) is 4.73. The minimum Gasteiger partial charge on any atom is -0.479 e. The van der Waals surface area contributed by atoms with Gasteiger partial charge in [-0.1, -0.05) is 11.6 Å². The molecule has 0 aliphatic rings. The van der Waals surface area contributed by atoms with Crippen molar-refractivity contribution in [1.82, 2.24) is 10.3 Å². The van der Waals surface area contributed by atoms with E-state index in [1.807, 2.05) is 0 Å². The van der Waals surface area contributed by atoms with Crippen LogP contribution in [0.2, 0.25) is 5.15 Å². The van der Waals surface area contributed by atoms with E-state index in [-0.39, 0.29) is 17.3 Å². The molecular weight excluding hydrogens is 248 g/mol. The van der Waals surface area contributed by atoms with E-state index in [0.29, 0.717) is 5.69 Å². The molecule has 0 spiro atoms. The molecule has 3 N–H and O–H groups in total. The van der Waals surface area contributed by atoms with Gasteiger partial charge in [0.05, 0.1) is 6.54 Å². The third kappa shape index (κ3) is 4.01. The topological polar surface area (TPSA) is 99.5 Å². The molecule has 92 valence electrons. The molecule has 0 bridgehead atoms.